The van der Waals surface area contributed by atoms with Crippen LogP contribution in [0.3, 0.4) is 0 Å². The van der Waals surface area contributed by atoms with Crippen LogP contribution in [0.1, 0.15) is 38.5 Å². The molecule has 0 radical (unpaired) electrons. The zero-order valence-electron chi connectivity index (χ0n) is 6.81. The molecule has 64 valence electrons. The van der Waals surface area contributed by atoms with E-state index >= 15 is 0 Å². The second-order valence-corrected chi connectivity index (χ2v) is 4.32. The highest BCUT2D eigenvalue weighted by Gasteiger charge is 2.20. The highest BCUT2D eigenvalue weighted by atomic mass is 127. The maximum absolute atomic E-state index is 11.3. The van der Waals surface area contributed by atoms with E-state index in [1.807, 2.05) is 0 Å². The molecule has 0 spiro atoms. The smallest absolute Gasteiger partial charge is 0.135 e. The minimum atomic E-state index is 0.429. The molecule has 0 amide bonds. The predicted molar refractivity (Wildman–Crippen MR) is 55.1 cm³/mol. The quantitative estimate of drug-likeness (QED) is 0.567. The molecule has 1 unspecified atom stereocenters. The minimum absolute atomic E-state index is 0.429. The number of ketones is 1. The maximum Gasteiger partial charge on any atom is 0.135 e. The van der Waals surface area contributed by atoms with E-state index in [4.69, 9.17) is 0 Å². The molecular weight excluding hydrogens is 251 g/mol. The molecule has 2 heteroatoms. The van der Waals surface area contributed by atoms with E-state index in [1.165, 1.54) is 17.3 Å². The molecule has 1 aliphatic carbocycles. The Hall–Kier alpha value is 0.400. The molecule has 0 aromatic rings. The first-order valence-corrected chi connectivity index (χ1v) is 5.96. The second kappa shape index (κ2) is 5.12. The monoisotopic (exact) mass is 266 g/mol. The Bertz CT molecular complexity index is 134. The van der Waals surface area contributed by atoms with Gasteiger partial charge in [-0.3, -0.25) is 4.79 Å². The van der Waals surface area contributed by atoms with E-state index in [-0.39, 0.29) is 0 Å². The average Bonchev–Trinajstić information content (AvgIpc) is 2.03. The Kier molecular flexibility index (Phi) is 4.41. The fourth-order valence-corrected chi connectivity index (χ4v) is 2.12. The van der Waals surface area contributed by atoms with Crippen molar-refractivity contribution in [3.8, 4) is 0 Å². The minimum Gasteiger partial charge on any atom is -0.299 e. The lowest BCUT2D eigenvalue weighted by Crippen LogP contribution is -2.18. The van der Waals surface area contributed by atoms with E-state index in [0.29, 0.717) is 11.7 Å². The molecule has 1 fully saturated rings. The molecule has 0 N–H and O–H groups in total. The summed E-state index contributed by atoms with van der Waals surface area (Å²) in [6.07, 6.45) is 6.79. The third-order valence-corrected chi connectivity index (χ3v) is 3.13. The fourth-order valence-electron chi connectivity index (χ4n) is 1.68. The van der Waals surface area contributed by atoms with Gasteiger partial charge in [-0.2, -0.15) is 0 Å². The van der Waals surface area contributed by atoms with Crippen LogP contribution in [0.15, 0.2) is 0 Å². The lowest BCUT2D eigenvalue weighted by atomic mass is 9.85. The van der Waals surface area contributed by atoms with Gasteiger partial charge in [0.1, 0.15) is 5.78 Å². The summed E-state index contributed by atoms with van der Waals surface area (Å²) < 4.78 is 1.20. The lowest BCUT2D eigenvalue weighted by molar-refractivity contribution is -0.124. The highest BCUT2D eigenvalue weighted by molar-refractivity contribution is 14.1. The van der Waals surface area contributed by atoms with Crippen LogP contribution in [0.5, 0.6) is 0 Å². The number of hydrogen-bond donors (Lipinski definition) is 0. The van der Waals surface area contributed by atoms with Crippen molar-refractivity contribution in [3.63, 3.8) is 0 Å². The Morgan fingerprint density at radius 3 is 2.91 bits per heavy atom. The molecule has 1 nitrogen and oxygen atoms in total. The molecule has 0 aromatic carbocycles. The fraction of sp³-hybridized carbons (Fsp3) is 0.889. The first-order chi connectivity index (χ1) is 5.34. The molecule has 0 bridgehead atoms. The largest absolute Gasteiger partial charge is 0.299 e. The molecule has 1 aliphatic rings. The van der Waals surface area contributed by atoms with Gasteiger partial charge in [0, 0.05) is 12.3 Å². The summed E-state index contributed by atoms with van der Waals surface area (Å²) in [7, 11) is 0. The van der Waals surface area contributed by atoms with E-state index < -0.39 is 0 Å². The van der Waals surface area contributed by atoms with Gasteiger partial charge in [0.2, 0.25) is 0 Å². The van der Waals surface area contributed by atoms with Gasteiger partial charge >= 0.3 is 0 Å². The van der Waals surface area contributed by atoms with Crippen LogP contribution < -0.4 is 0 Å². The van der Waals surface area contributed by atoms with Crippen LogP contribution in [0.2, 0.25) is 0 Å². The van der Waals surface area contributed by atoms with Gasteiger partial charge in [-0.05, 0) is 30.1 Å². The van der Waals surface area contributed by atoms with E-state index in [1.54, 1.807) is 0 Å². The average molecular weight is 266 g/mol. The third kappa shape index (κ3) is 3.09. The van der Waals surface area contributed by atoms with Crippen LogP contribution in [0.4, 0.5) is 0 Å². The van der Waals surface area contributed by atoms with Crippen molar-refractivity contribution in [1.29, 1.82) is 0 Å². The van der Waals surface area contributed by atoms with Crippen molar-refractivity contribution in [1.82, 2.24) is 0 Å². The van der Waals surface area contributed by atoms with Gasteiger partial charge in [-0.25, -0.2) is 0 Å². The van der Waals surface area contributed by atoms with Crippen molar-refractivity contribution in [2.24, 2.45) is 5.92 Å². The first kappa shape index (κ1) is 9.49. The SMILES string of the molecule is O=C1CCCCC1CCCI. The number of hydrogen-bond acceptors (Lipinski definition) is 1. The topological polar surface area (TPSA) is 17.1 Å². The summed E-state index contributed by atoms with van der Waals surface area (Å²) in [5.41, 5.74) is 0. The third-order valence-electron chi connectivity index (χ3n) is 2.37. The number of carbonyl (C=O) groups excluding carboxylic acids is 1. The van der Waals surface area contributed by atoms with Gasteiger partial charge in [0.25, 0.3) is 0 Å². The van der Waals surface area contributed by atoms with Crippen LogP contribution in [-0.2, 0) is 4.79 Å². The number of carbonyl (C=O) groups is 1. The van der Waals surface area contributed by atoms with Crippen molar-refractivity contribution in [3.05, 3.63) is 0 Å². The van der Waals surface area contributed by atoms with Crippen LogP contribution in [0.25, 0.3) is 0 Å². The van der Waals surface area contributed by atoms with Crippen LogP contribution in [0, 0.1) is 5.92 Å². The normalized spacial score (nSPS) is 25.5. The Morgan fingerprint density at radius 2 is 2.27 bits per heavy atom. The number of rotatable bonds is 3. The molecule has 0 aliphatic heterocycles. The Morgan fingerprint density at radius 1 is 1.45 bits per heavy atom. The summed E-state index contributed by atoms with van der Waals surface area (Å²) in [6, 6.07) is 0. The maximum atomic E-state index is 11.3. The summed E-state index contributed by atoms with van der Waals surface area (Å²) in [6.45, 7) is 0. The molecule has 1 saturated carbocycles. The zero-order chi connectivity index (χ0) is 8.10. The van der Waals surface area contributed by atoms with Gasteiger partial charge in [0.15, 0.2) is 0 Å². The predicted octanol–water partition coefficient (Wildman–Crippen LogP) is 2.96. The molecule has 1 rings (SSSR count). The molecule has 0 saturated heterocycles. The summed E-state index contributed by atoms with van der Waals surface area (Å²) in [5.74, 6) is 0.958. The summed E-state index contributed by atoms with van der Waals surface area (Å²) in [4.78, 5) is 11.3. The zero-order valence-corrected chi connectivity index (χ0v) is 8.97. The summed E-state index contributed by atoms with van der Waals surface area (Å²) >= 11 is 2.38. The number of Topliss-reactive ketones (excluding diaryl/α,β-unsaturated/α-hetero) is 1. The second-order valence-electron chi connectivity index (χ2n) is 3.24. The molecule has 11 heavy (non-hydrogen) atoms. The molecule has 0 aromatic heterocycles. The van der Waals surface area contributed by atoms with E-state index in [2.05, 4.69) is 22.6 Å². The van der Waals surface area contributed by atoms with Gasteiger partial charge in [-0.1, -0.05) is 29.0 Å². The highest BCUT2D eigenvalue weighted by Crippen LogP contribution is 2.24. The standard InChI is InChI=1S/C9H15IO/c10-7-3-5-8-4-1-2-6-9(8)11/h8H,1-7H2. The Balaban J connectivity index is 2.24. The van der Waals surface area contributed by atoms with Crippen molar-refractivity contribution >= 4 is 28.4 Å². The van der Waals surface area contributed by atoms with Crippen molar-refractivity contribution in [2.45, 2.75) is 38.5 Å². The van der Waals surface area contributed by atoms with Gasteiger partial charge in [0.05, 0.1) is 0 Å². The van der Waals surface area contributed by atoms with Crippen LogP contribution >= 0.6 is 22.6 Å². The van der Waals surface area contributed by atoms with Crippen molar-refractivity contribution < 1.29 is 4.79 Å². The van der Waals surface area contributed by atoms with Gasteiger partial charge < -0.3 is 0 Å². The van der Waals surface area contributed by atoms with Crippen LogP contribution in [-0.4, -0.2) is 10.2 Å². The molecule has 0 heterocycles. The number of halogens is 1. The van der Waals surface area contributed by atoms with Crippen molar-refractivity contribution in [2.75, 3.05) is 4.43 Å². The van der Waals surface area contributed by atoms with E-state index in [9.17, 15) is 4.79 Å². The van der Waals surface area contributed by atoms with Gasteiger partial charge in [-0.15, -0.1) is 0 Å². The van der Waals surface area contributed by atoms with E-state index in [0.717, 1.165) is 25.7 Å². The molecule has 1 atom stereocenters. The number of alkyl halides is 1. The summed E-state index contributed by atoms with van der Waals surface area (Å²) in [5, 5.41) is 0. The first-order valence-electron chi connectivity index (χ1n) is 4.43. The lowest BCUT2D eigenvalue weighted by Gasteiger charge is -2.19. The molecular formula is C9H15IO. The Labute approximate surface area is 82.1 Å².